The van der Waals surface area contributed by atoms with Crippen molar-refractivity contribution in [2.24, 2.45) is 5.41 Å². The molecule has 0 bridgehead atoms. The molecule has 1 atom stereocenters. The molecule has 1 aromatic carbocycles. The number of carbonyl (C=O) groups excluding carboxylic acids is 2. The maximum absolute atomic E-state index is 13.3. The predicted octanol–water partition coefficient (Wildman–Crippen LogP) is 3.04. The summed E-state index contributed by atoms with van der Waals surface area (Å²) >= 11 is 0. The van der Waals surface area contributed by atoms with E-state index in [0.717, 1.165) is 38.8 Å². The van der Waals surface area contributed by atoms with E-state index in [1.54, 1.807) is 0 Å². The van der Waals surface area contributed by atoms with Crippen LogP contribution in [0.4, 0.5) is 0 Å². The fraction of sp³-hybridized carbons (Fsp3) is 0.524. The Balaban J connectivity index is 1.72. The molecule has 2 aliphatic heterocycles. The summed E-state index contributed by atoms with van der Waals surface area (Å²) in [6.45, 7) is 4.66. The second-order valence-corrected chi connectivity index (χ2v) is 7.22. The highest BCUT2D eigenvalue weighted by Gasteiger charge is 2.44. The van der Waals surface area contributed by atoms with E-state index < -0.39 is 5.41 Å². The average Bonchev–Trinajstić information content (AvgIpc) is 2.80. The molecule has 4 heteroatoms. The Morgan fingerprint density at radius 1 is 1.20 bits per heavy atom. The summed E-state index contributed by atoms with van der Waals surface area (Å²) in [5.74, 6) is 0.387. The molecule has 2 amide bonds. The van der Waals surface area contributed by atoms with Gasteiger partial charge in [-0.15, -0.1) is 0 Å². The van der Waals surface area contributed by atoms with Crippen LogP contribution in [0, 0.1) is 5.41 Å². The summed E-state index contributed by atoms with van der Waals surface area (Å²) < 4.78 is 0. The van der Waals surface area contributed by atoms with Crippen molar-refractivity contribution in [2.75, 3.05) is 26.2 Å². The highest BCUT2D eigenvalue weighted by molar-refractivity contribution is 5.85. The molecule has 2 aliphatic rings. The minimum Gasteiger partial charge on any atom is -0.342 e. The Morgan fingerprint density at radius 3 is 2.76 bits per heavy atom. The molecule has 0 unspecified atom stereocenters. The molecule has 1 spiro atoms. The number of rotatable bonds is 4. The van der Waals surface area contributed by atoms with Gasteiger partial charge in [0, 0.05) is 32.6 Å². The monoisotopic (exact) mass is 340 g/mol. The maximum Gasteiger partial charge on any atom is 0.231 e. The number of hydrogen-bond donors (Lipinski definition) is 0. The van der Waals surface area contributed by atoms with E-state index in [4.69, 9.17) is 0 Å². The molecule has 3 rings (SSSR count). The van der Waals surface area contributed by atoms with Crippen LogP contribution < -0.4 is 0 Å². The molecule has 0 radical (unpaired) electrons. The predicted molar refractivity (Wildman–Crippen MR) is 99.0 cm³/mol. The van der Waals surface area contributed by atoms with Crippen LogP contribution in [0.3, 0.4) is 0 Å². The lowest BCUT2D eigenvalue weighted by molar-refractivity contribution is -0.148. The standard InChI is InChI=1S/C21H28N2O2/c1-2-19(24)23-15-8-13-21(17-23)12-6-7-14-22(20(21)25)16-11-18-9-4-3-5-10-18/h3-7,9-10H,2,8,11-17H2,1H3/t21-/m1/s1. The van der Waals surface area contributed by atoms with Gasteiger partial charge in [-0.1, -0.05) is 49.4 Å². The first-order chi connectivity index (χ1) is 12.1. The minimum atomic E-state index is -0.424. The maximum atomic E-state index is 13.3. The zero-order valence-electron chi connectivity index (χ0n) is 15.1. The molecule has 1 fully saturated rings. The van der Waals surface area contributed by atoms with Gasteiger partial charge < -0.3 is 9.80 Å². The van der Waals surface area contributed by atoms with Gasteiger partial charge in [0.1, 0.15) is 0 Å². The molecule has 134 valence electrons. The van der Waals surface area contributed by atoms with Crippen molar-refractivity contribution in [2.45, 2.75) is 39.0 Å². The molecule has 1 saturated heterocycles. The number of hydrogen-bond acceptors (Lipinski definition) is 2. The van der Waals surface area contributed by atoms with Gasteiger partial charge >= 0.3 is 0 Å². The second-order valence-electron chi connectivity index (χ2n) is 7.22. The smallest absolute Gasteiger partial charge is 0.231 e. The molecular weight excluding hydrogens is 312 g/mol. The molecular formula is C21H28N2O2. The molecule has 4 nitrogen and oxygen atoms in total. The first-order valence-corrected chi connectivity index (χ1v) is 9.41. The van der Waals surface area contributed by atoms with Crippen LogP contribution in [0.5, 0.6) is 0 Å². The number of benzene rings is 1. The lowest BCUT2D eigenvalue weighted by Gasteiger charge is -2.43. The Bertz CT molecular complexity index is 641. The van der Waals surface area contributed by atoms with Crippen LogP contribution in [0.15, 0.2) is 42.5 Å². The summed E-state index contributed by atoms with van der Waals surface area (Å²) in [4.78, 5) is 29.4. The van der Waals surface area contributed by atoms with Gasteiger partial charge in [0.15, 0.2) is 0 Å². The highest BCUT2D eigenvalue weighted by Crippen LogP contribution is 2.37. The van der Waals surface area contributed by atoms with Gasteiger partial charge in [0.25, 0.3) is 0 Å². The van der Waals surface area contributed by atoms with E-state index in [2.05, 4.69) is 24.3 Å². The van der Waals surface area contributed by atoms with Crippen LogP contribution in [0.2, 0.25) is 0 Å². The third-order valence-corrected chi connectivity index (χ3v) is 5.49. The van der Waals surface area contributed by atoms with Crippen molar-refractivity contribution in [3.63, 3.8) is 0 Å². The number of carbonyl (C=O) groups is 2. The molecule has 0 aliphatic carbocycles. The first kappa shape index (κ1) is 17.7. The molecule has 25 heavy (non-hydrogen) atoms. The fourth-order valence-electron chi connectivity index (χ4n) is 4.03. The summed E-state index contributed by atoms with van der Waals surface area (Å²) in [5, 5.41) is 0. The number of piperidine rings is 1. The van der Waals surface area contributed by atoms with Gasteiger partial charge in [-0.3, -0.25) is 9.59 Å². The van der Waals surface area contributed by atoms with Crippen molar-refractivity contribution < 1.29 is 9.59 Å². The van der Waals surface area contributed by atoms with E-state index >= 15 is 0 Å². The first-order valence-electron chi connectivity index (χ1n) is 9.41. The summed E-state index contributed by atoms with van der Waals surface area (Å²) in [5.41, 5.74) is 0.830. The Kier molecular flexibility index (Phi) is 5.57. The van der Waals surface area contributed by atoms with Gasteiger partial charge in [-0.25, -0.2) is 0 Å². The Morgan fingerprint density at radius 2 is 2.00 bits per heavy atom. The van der Waals surface area contributed by atoms with Gasteiger partial charge in [-0.05, 0) is 31.2 Å². The molecule has 2 heterocycles. The van der Waals surface area contributed by atoms with E-state index in [1.165, 1.54) is 5.56 Å². The minimum absolute atomic E-state index is 0.163. The van der Waals surface area contributed by atoms with E-state index in [-0.39, 0.29) is 11.8 Å². The number of amides is 2. The van der Waals surface area contributed by atoms with Crippen molar-refractivity contribution in [1.29, 1.82) is 0 Å². The second kappa shape index (κ2) is 7.85. The summed E-state index contributed by atoms with van der Waals surface area (Å²) in [7, 11) is 0. The van der Waals surface area contributed by atoms with E-state index in [1.807, 2.05) is 34.9 Å². The van der Waals surface area contributed by atoms with E-state index in [0.29, 0.717) is 19.5 Å². The number of nitrogens with zero attached hydrogens (tertiary/aromatic N) is 2. The topological polar surface area (TPSA) is 40.6 Å². The third-order valence-electron chi connectivity index (χ3n) is 5.49. The van der Waals surface area contributed by atoms with Crippen LogP contribution in [0.25, 0.3) is 0 Å². The van der Waals surface area contributed by atoms with Crippen molar-refractivity contribution in [1.82, 2.24) is 9.80 Å². The Labute approximate surface area is 150 Å². The van der Waals surface area contributed by atoms with Crippen molar-refractivity contribution >= 4 is 11.8 Å². The highest BCUT2D eigenvalue weighted by atomic mass is 16.2. The van der Waals surface area contributed by atoms with Crippen LogP contribution >= 0.6 is 0 Å². The largest absolute Gasteiger partial charge is 0.342 e. The zero-order valence-corrected chi connectivity index (χ0v) is 15.1. The number of likely N-dealkylation sites (tertiary alicyclic amines) is 1. The lowest BCUT2D eigenvalue weighted by atomic mass is 9.76. The van der Waals surface area contributed by atoms with Gasteiger partial charge in [0.05, 0.1) is 5.41 Å². The Hall–Kier alpha value is -2.10. The number of allylic oxidation sites excluding steroid dienone is 1. The normalized spacial score (nSPS) is 23.8. The average molecular weight is 340 g/mol. The van der Waals surface area contributed by atoms with Crippen molar-refractivity contribution in [3.8, 4) is 0 Å². The molecule has 1 aromatic rings. The molecule has 0 N–H and O–H groups in total. The van der Waals surface area contributed by atoms with Gasteiger partial charge in [0.2, 0.25) is 11.8 Å². The third kappa shape index (κ3) is 3.94. The zero-order chi connectivity index (χ0) is 17.7. The van der Waals surface area contributed by atoms with Gasteiger partial charge in [-0.2, -0.15) is 0 Å². The van der Waals surface area contributed by atoms with Crippen molar-refractivity contribution in [3.05, 3.63) is 48.0 Å². The SMILES string of the molecule is CCC(=O)N1CCC[C@]2(CC=CCN(CCc3ccccc3)C2=O)C1. The van der Waals surface area contributed by atoms with E-state index in [9.17, 15) is 9.59 Å². The molecule has 0 saturated carbocycles. The summed E-state index contributed by atoms with van der Waals surface area (Å²) in [6, 6.07) is 10.3. The molecule has 0 aromatic heterocycles. The quantitative estimate of drug-likeness (QED) is 0.791. The van der Waals surface area contributed by atoms with Crippen LogP contribution in [-0.2, 0) is 16.0 Å². The fourth-order valence-corrected chi connectivity index (χ4v) is 4.03. The summed E-state index contributed by atoms with van der Waals surface area (Å²) in [6.07, 6.45) is 8.18. The lowest BCUT2D eigenvalue weighted by Crippen LogP contribution is -2.54. The van der Waals surface area contributed by atoms with Crippen LogP contribution in [0.1, 0.15) is 38.2 Å². The van der Waals surface area contributed by atoms with Crippen LogP contribution in [-0.4, -0.2) is 47.8 Å².